The van der Waals surface area contributed by atoms with E-state index in [2.05, 4.69) is 38.2 Å². The van der Waals surface area contributed by atoms with E-state index in [4.69, 9.17) is 0 Å². The predicted molar refractivity (Wildman–Crippen MR) is 103 cm³/mol. The molecule has 0 radical (unpaired) electrons. The van der Waals surface area contributed by atoms with Crippen LogP contribution in [-0.4, -0.2) is 5.91 Å². The molecule has 1 saturated carbocycles. The third-order valence-electron chi connectivity index (χ3n) is 4.86. The van der Waals surface area contributed by atoms with Gasteiger partial charge in [-0.1, -0.05) is 59.4 Å². The molecule has 0 saturated heterocycles. The van der Waals surface area contributed by atoms with Crippen molar-refractivity contribution in [3.63, 3.8) is 0 Å². The quantitative estimate of drug-likeness (QED) is 0.554. The summed E-state index contributed by atoms with van der Waals surface area (Å²) >= 11 is 0. The number of hydrogen-bond acceptors (Lipinski definition) is 2. The Morgan fingerprint density at radius 3 is 2.52 bits per heavy atom. The number of hydrazine groups is 1. The summed E-state index contributed by atoms with van der Waals surface area (Å²) in [6, 6.07) is 9.65. The van der Waals surface area contributed by atoms with Crippen molar-refractivity contribution in [1.82, 2.24) is 5.43 Å². The number of carbonyl (C=O) groups is 1. The molecule has 0 bridgehead atoms. The molecule has 0 aliphatic heterocycles. The molecule has 2 N–H and O–H groups in total. The number of anilines is 1. The van der Waals surface area contributed by atoms with E-state index < -0.39 is 0 Å². The Morgan fingerprint density at radius 1 is 1.26 bits per heavy atom. The third-order valence-corrected chi connectivity index (χ3v) is 4.86. The highest BCUT2D eigenvalue weighted by molar-refractivity contribution is 5.94. The number of benzene rings is 1. The van der Waals surface area contributed by atoms with Crippen molar-refractivity contribution in [3.05, 3.63) is 42.5 Å². The first-order valence-corrected chi connectivity index (χ1v) is 8.29. The van der Waals surface area contributed by atoms with Gasteiger partial charge in [-0.05, 0) is 48.6 Å². The smallest absolute Gasteiger partial charge is 0.265 e. The van der Waals surface area contributed by atoms with Gasteiger partial charge < -0.3 is 0 Å². The summed E-state index contributed by atoms with van der Waals surface area (Å²) in [5, 5.41) is 0. The lowest BCUT2D eigenvalue weighted by Crippen LogP contribution is -2.37. The first-order chi connectivity index (χ1) is 10.5. The van der Waals surface area contributed by atoms with Gasteiger partial charge in [0.2, 0.25) is 0 Å². The highest BCUT2D eigenvalue weighted by Crippen LogP contribution is 2.41. The zero-order chi connectivity index (χ0) is 16.1. The summed E-state index contributed by atoms with van der Waals surface area (Å²) in [7, 11) is 0. The van der Waals surface area contributed by atoms with Crippen LogP contribution in [0.15, 0.2) is 42.5 Å². The molecule has 0 aromatic heterocycles. The topological polar surface area (TPSA) is 41.1 Å². The van der Waals surface area contributed by atoms with Crippen molar-refractivity contribution in [2.24, 2.45) is 23.7 Å². The Balaban J connectivity index is 0. The molecule has 1 amide bonds. The normalized spacial score (nSPS) is 23.7. The zero-order valence-corrected chi connectivity index (χ0v) is 13.9. The van der Waals surface area contributed by atoms with E-state index >= 15 is 0 Å². The molecule has 1 fully saturated rings. The second-order valence-corrected chi connectivity index (χ2v) is 6.90. The zero-order valence-electron chi connectivity index (χ0n) is 13.9. The SMILES string of the molecule is C.C=C(C(=O)NNc1ccccc1)C1C[C@H](C)CC[C@H]1C(C)C.[HH].[HH]. The van der Waals surface area contributed by atoms with Gasteiger partial charge in [0.1, 0.15) is 0 Å². The molecule has 3 heteroatoms. The van der Waals surface area contributed by atoms with Crippen LogP contribution in [0.2, 0.25) is 0 Å². The summed E-state index contributed by atoms with van der Waals surface area (Å²) in [6.07, 6.45) is 3.53. The average Bonchev–Trinajstić information content (AvgIpc) is 2.52. The van der Waals surface area contributed by atoms with Gasteiger partial charge in [0, 0.05) is 8.43 Å². The first kappa shape index (κ1) is 19.3. The van der Waals surface area contributed by atoms with Crippen molar-refractivity contribution in [2.75, 3.05) is 5.43 Å². The van der Waals surface area contributed by atoms with Crippen LogP contribution in [-0.2, 0) is 4.79 Å². The number of rotatable bonds is 5. The van der Waals surface area contributed by atoms with Gasteiger partial charge in [0.15, 0.2) is 0 Å². The molecule has 3 nitrogen and oxygen atoms in total. The molecule has 2 rings (SSSR count). The van der Waals surface area contributed by atoms with Crippen LogP contribution in [0.5, 0.6) is 0 Å². The van der Waals surface area contributed by atoms with Gasteiger partial charge in [-0.25, -0.2) is 0 Å². The van der Waals surface area contributed by atoms with Crippen molar-refractivity contribution >= 4 is 11.6 Å². The summed E-state index contributed by atoms with van der Waals surface area (Å²) in [5.41, 5.74) is 7.33. The molecule has 1 aliphatic carbocycles. The van der Waals surface area contributed by atoms with Gasteiger partial charge in [-0.3, -0.25) is 15.6 Å². The van der Waals surface area contributed by atoms with E-state index in [1.54, 1.807) is 0 Å². The van der Waals surface area contributed by atoms with Crippen LogP contribution in [0.1, 0.15) is 50.3 Å². The maximum absolute atomic E-state index is 12.4. The maximum atomic E-state index is 12.4. The second kappa shape index (κ2) is 8.76. The van der Waals surface area contributed by atoms with E-state index in [-0.39, 0.29) is 16.2 Å². The summed E-state index contributed by atoms with van der Waals surface area (Å²) < 4.78 is 0. The molecule has 1 unspecified atom stereocenters. The predicted octanol–water partition coefficient (Wildman–Crippen LogP) is 5.52. The van der Waals surface area contributed by atoms with E-state index in [9.17, 15) is 4.79 Å². The summed E-state index contributed by atoms with van der Waals surface area (Å²) in [5.74, 6) is 2.02. The van der Waals surface area contributed by atoms with E-state index in [1.807, 2.05) is 30.3 Å². The van der Waals surface area contributed by atoms with Crippen molar-refractivity contribution < 1.29 is 7.65 Å². The number of hydrogen-bond donors (Lipinski definition) is 2. The molecule has 0 heterocycles. The van der Waals surface area contributed by atoms with Gasteiger partial charge in [0.25, 0.3) is 5.91 Å². The Kier molecular flexibility index (Phi) is 7.34. The lowest BCUT2D eigenvalue weighted by molar-refractivity contribution is -0.118. The lowest BCUT2D eigenvalue weighted by Gasteiger charge is -2.38. The Morgan fingerprint density at radius 2 is 1.91 bits per heavy atom. The van der Waals surface area contributed by atoms with Crippen LogP contribution >= 0.6 is 0 Å². The number of amides is 1. The Hall–Kier alpha value is -1.77. The molecule has 1 aliphatic rings. The molecule has 23 heavy (non-hydrogen) atoms. The largest absolute Gasteiger partial charge is 0.298 e. The standard InChI is InChI=1S/C19H28N2O.CH4.2H2/c1-13(2)17-11-10-14(3)12-18(17)15(4)19(22)21-20-16-8-6-5-7-9-16;;;/h5-9,13-14,17-18,20H,4,10-12H2,1-3H3,(H,21,22);1H4;2*1H/t14-,17+,18?;;;/m1.../s1. The highest BCUT2D eigenvalue weighted by atomic mass is 16.2. The van der Waals surface area contributed by atoms with Gasteiger partial charge in [-0.15, -0.1) is 0 Å². The van der Waals surface area contributed by atoms with Gasteiger partial charge >= 0.3 is 0 Å². The van der Waals surface area contributed by atoms with E-state index in [0.29, 0.717) is 29.2 Å². The van der Waals surface area contributed by atoms with Crippen molar-refractivity contribution in [1.29, 1.82) is 0 Å². The molecular formula is C20H36N2O. The van der Waals surface area contributed by atoms with Crippen LogP contribution in [0.25, 0.3) is 0 Å². The monoisotopic (exact) mass is 320 g/mol. The molecule has 0 spiro atoms. The van der Waals surface area contributed by atoms with Crippen molar-refractivity contribution in [3.8, 4) is 0 Å². The Labute approximate surface area is 144 Å². The molecule has 1 aromatic rings. The molecule has 132 valence electrons. The fraction of sp³-hybridized carbons (Fsp3) is 0.550. The fourth-order valence-electron chi connectivity index (χ4n) is 3.50. The minimum absolute atomic E-state index is 0. The lowest BCUT2D eigenvalue weighted by atomic mass is 9.67. The van der Waals surface area contributed by atoms with Gasteiger partial charge in [0.05, 0.1) is 5.69 Å². The van der Waals surface area contributed by atoms with Crippen LogP contribution in [0, 0.1) is 23.7 Å². The highest BCUT2D eigenvalue weighted by Gasteiger charge is 2.34. The third kappa shape index (κ3) is 5.12. The molecular weight excluding hydrogens is 284 g/mol. The average molecular weight is 321 g/mol. The van der Waals surface area contributed by atoms with E-state index in [0.717, 1.165) is 12.1 Å². The first-order valence-electron chi connectivity index (χ1n) is 8.29. The van der Waals surface area contributed by atoms with E-state index in [1.165, 1.54) is 12.8 Å². The number of nitrogens with one attached hydrogen (secondary N) is 2. The fourth-order valence-corrected chi connectivity index (χ4v) is 3.50. The number of para-hydroxylation sites is 1. The second-order valence-electron chi connectivity index (χ2n) is 6.90. The van der Waals surface area contributed by atoms with Crippen molar-refractivity contribution in [2.45, 2.75) is 47.5 Å². The minimum atomic E-state index is -0.0893. The number of carbonyl (C=O) groups excluding carboxylic acids is 1. The maximum Gasteiger partial charge on any atom is 0.265 e. The molecule has 1 aromatic carbocycles. The van der Waals surface area contributed by atoms with Gasteiger partial charge in [-0.2, -0.15) is 0 Å². The van der Waals surface area contributed by atoms with Crippen LogP contribution < -0.4 is 10.9 Å². The Bertz CT molecular complexity index is 520. The van der Waals surface area contributed by atoms with Crippen LogP contribution in [0.4, 0.5) is 5.69 Å². The summed E-state index contributed by atoms with van der Waals surface area (Å²) in [4.78, 5) is 12.4. The minimum Gasteiger partial charge on any atom is -0.298 e. The van der Waals surface area contributed by atoms with Crippen LogP contribution in [0.3, 0.4) is 0 Å². The molecule has 3 atom stereocenters. The summed E-state index contributed by atoms with van der Waals surface area (Å²) in [6.45, 7) is 10.9.